The van der Waals surface area contributed by atoms with Crippen molar-refractivity contribution in [1.29, 1.82) is 0 Å². The first-order chi connectivity index (χ1) is 24.8. The summed E-state index contributed by atoms with van der Waals surface area (Å²) in [6.07, 6.45) is 0. The second-order valence-electron chi connectivity index (χ2n) is 12.2. The highest BCUT2D eigenvalue weighted by Crippen LogP contribution is 2.41. The molecule has 0 aliphatic rings. The standard InChI is InChI=1S/C44H26N4OS/c1-4-13-27(14-5-1)30-23-24-31-34(25-30)40-36(45-44(49-40)29-17-8-3-9-18-29)26-35(31)43-47-41(28-15-6-2-7-16-28)46-42(48-43)33-20-12-22-38-39(33)32-19-10-11-21-37(32)50-38/h1-26H. The van der Waals surface area contributed by atoms with Gasteiger partial charge in [-0.1, -0.05) is 121 Å². The molecule has 5 nitrogen and oxygen atoms in total. The molecule has 50 heavy (non-hydrogen) atoms. The first-order valence-corrected chi connectivity index (χ1v) is 17.3. The molecule has 0 fully saturated rings. The molecular weight excluding hydrogens is 633 g/mol. The van der Waals surface area contributed by atoms with E-state index in [0.717, 1.165) is 60.6 Å². The van der Waals surface area contributed by atoms with Gasteiger partial charge in [0.05, 0.1) is 0 Å². The SMILES string of the molecule is c1ccc(-c2ccc3c(-c4nc(-c5ccccc5)nc(-c5cccc6sc7ccccc7c56)n4)cc4nc(-c5ccccc5)oc4c3c2)cc1. The third kappa shape index (κ3) is 4.77. The Labute approximate surface area is 291 Å². The van der Waals surface area contributed by atoms with Gasteiger partial charge < -0.3 is 4.42 Å². The Kier molecular flexibility index (Phi) is 6.60. The van der Waals surface area contributed by atoms with Gasteiger partial charge in [-0.2, -0.15) is 0 Å². The Balaban J connectivity index is 1.27. The zero-order valence-corrected chi connectivity index (χ0v) is 27.4. The van der Waals surface area contributed by atoms with E-state index in [1.54, 1.807) is 11.3 Å². The van der Waals surface area contributed by atoms with Crippen molar-refractivity contribution in [3.63, 3.8) is 0 Å². The normalized spacial score (nSPS) is 11.6. The summed E-state index contributed by atoms with van der Waals surface area (Å²) in [7, 11) is 0. The molecule has 0 aliphatic heterocycles. The molecule has 0 aliphatic carbocycles. The van der Waals surface area contributed by atoms with Crippen LogP contribution in [0.5, 0.6) is 0 Å². The lowest BCUT2D eigenvalue weighted by Gasteiger charge is -2.12. The maximum absolute atomic E-state index is 6.55. The topological polar surface area (TPSA) is 64.7 Å². The third-order valence-electron chi connectivity index (χ3n) is 9.17. The lowest BCUT2D eigenvalue weighted by molar-refractivity contribution is 0.623. The van der Waals surface area contributed by atoms with Crippen molar-refractivity contribution in [3.05, 3.63) is 158 Å². The zero-order valence-electron chi connectivity index (χ0n) is 26.6. The van der Waals surface area contributed by atoms with E-state index in [4.69, 9.17) is 24.4 Å². The Hall–Kier alpha value is -6.50. The van der Waals surface area contributed by atoms with E-state index >= 15 is 0 Å². The predicted octanol–water partition coefficient (Wildman–Crippen LogP) is 11.9. The van der Waals surface area contributed by atoms with Crippen LogP contribution in [0.25, 0.3) is 98.8 Å². The second-order valence-corrected chi connectivity index (χ2v) is 13.3. The summed E-state index contributed by atoms with van der Waals surface area (Å²) in [5.41, 5.74) is 7.37. The molecule has 7 aromatic carbocycles. The third-order valence-corrected chi connectivity index (χ3v) is 10.3. The quantitative estimate of drug-likeness (QED) is 0.184. The Morgan fingerprint density at radius 1 is 0.400 bits per heavy atom. The minimum Gasteiger partial charge on any atom is -0.435 e. The van der Waals surface area contributed by atoms with Gasteiger partial charge in [0, 0.05) is 47.8 Å². The molecule has 0 radical (unpaired) electrons. The van der Waals surface area contributed by atoms with Gasteiger partial charge in [-0.05, 0) is 52.9 Å². The Morgan fingerprint density at radius 2 is 1.04 bits per heavy atom. The molecule has 0 bridgehead atoms. The van der Waals surface area contributed by atoms with Crippen LogP contribution in [0.15, 0.2) is 162 Å². The van der Waals surface area contributed by atoms with Gasteiger partial charge in [0.1, 0.15) is 5.52 Å². The van der Waals surface area contributed by atoms with Gasteiger partial charge >= 0.3 is 0 Å². The van der Waals surface area contributed by atoms with E-state index in [-0.39, 0.29) is 0 Å². The van der Waals surface area contributed by atoms with Crippen LogP contribution >= 0.6 is 11.3 Å². The molecule has 6 heteroatoms. The Bertz CT molecular complexity index is 2860. The summed E-state index contributed by atoms with van der Waals surface area (Å²) in [5, 5.41) is 4.27. The van der Waals surface area contributed by atoms with Crippen molar-refractivity contribution in [2.75, 3.05) is 0 Å². The summed E-state index contributed by atoms with van der Waals surface area (Å²) in [4.78, 5) is 20.6. The Morgan fingerprint density at radius 3 is 1.82 bits per heavy atom. The molecule has 0 atom stereocenters. The molecule has 0 unspecified atom stereocenters. The first-order valence-electron chi connectivity index (χ1n) is 16.5. The highest BCUT2D eigenvalue weighted by molar-refractivity contribution is 7.25. The van der Waals surface area contributed by atoms with Crippen LogP contribution in [0.2, 0.25) is 0 Å². The van der Waals surface area contributed by atoms with E-state index in [9.17, 15) is 0 Å². The summed E-state index contributed by atoms with van der Waals surface area (Å²) >= 11 is 1.79. The van der Waals surface area contributed by atoms with Crippen LogP contribution < -0.4 is 0 Å². The molecule has 10 aromatic rings. The van der Waals surface area contributed by atoms with Gasteiger partial charge in [-0.15, -0.1) is 11.3 Å². The van der Waals surface area contributed by atoms with Crippen molar-refractivity contribution in [1.82, 2.24) is 19.9 Å². The van der Waals surface area contributed by atoms with Crippen LogP contribution in [0.4, 0.5) is 0 Å². The number of thiophene rings is 1. The van der Waals surface area contributed by atoms with Crippen LogP contribution in [0.3, 0.4) is 0 Å². The maximum Gasteiger partial charge on any atom is 0.227 e. The van der Waals surface area contributed by atoms with E-state index in [2.05, 4.69) is 91.0 Å². The predicted molar refractivity (Wildman–Crippen MR) is 205 cm³/mol. The van der Waals surface area contributed by atoms with Gasteiger partial charge in [0.15, 0.2) is 23.1 Å². The molecule has 10 rings (SSSR count). The minimum atomic E-state index is 0.571. The zero-order chi connectivity index (χ0) is 33.0. The molecule has 3 heterocycles. The summed E-state index contributed by atoms with van der Waals surface area (Å²) < 4.78 is 8.98. The van der Waals surface area contributed by atoms with Gasteiger partial charge in [-0.25, -0.2) is 19.9 Å². The van der Waals surface area contributed by atoms with Crippen molar-refractivity contribution >= 4 is 53.4 Å². The number of benzene rings is 7. The highest BCUT2D eigenvalue weighted by atomic mass is 32.1. The molecule has 0 spiro atoms. The number of nitrogens with zero attached hydrogens (tertiary/aromatic N) is 4. The number of hydrogen-bond acceptors (Lipinski definition) is 6. The smallest absolute Gasteiger partial charge is 0.227 e. The molecular formula is C44H26N4OS. The summed E-state index contributed by atoms with van der Waals surface area (Å²) in [5.74, 6) is 2.39. The fourth-order valence-electron chi connectivity index (χ4n) is 6.80. The number of fused-ring (bicyclic) bond motifs is 6. The fraction of sp³-hybridized carbons (Fsp3) is 0. The monoisotopic (exact) mass is 658 g/mol. The number of oxazole rings is 1. The number of rotatable bonds is 5. The summed E-state index contributed by atoms with van der Waals surface area (Å²) in [6.45, 7) is 0. The second kappa shape index (κ2) is 11.6. The molecule has 0 amide bonds. The van der Waals surface area contributed by atoms with Gasteiger partial charge in [0.25, 0.3) is 0 Å². The molecule has 234 valence electrons. The van der Waals surface area contributed by atoms with Crippen molar-refractivity contribution < 1.29 is 4.42 Å². The fourth-order valence-corrected chi connectivity index (χ4v) is 7.93. The molecule has 0 N–H and O–H groups in total. The maximum atomic E-state index is 6.55. The minimum absolute atomic E-state index is 0.571. The summed E-state index contributed by atoms with van der Waals surface area (Å²) in [6, 6.07) is 54.0. The van der Waals surface area contributed by atoms with Crippen molar-refractivity contribution in [2.24, 2.45) is 0 Å². The van der Waals surface area contributed by atoms with Crippen LogP contribution in [0, 0.1) is 0 Å². The molecule has 0 saturated heterocycles. The molecule has 3 aromatic heterocycles. The van der Waals surface area contributed by atoms with E-state index in [1.165, 1.54) is 14.8 Å². The van der Waals surface area contributed by atoms with E-state index < -0.39 is 0 Å². The van der Waals surface area contributed by atoms with E-state index in [1.807, 2.05) is 66.7 Å². The van der Waals surface area contributed by atoms with Crippen LogP contribution in [-0.4, -0.2) is 19.9 Å². The van der Waals surface area contributed by atoms with Crippen LogP contribution in [-0.2, 0) is 0 Å². The lowest BCUT2D eigenvalue weighted by atomic mass is 9.97. The van der Waals surface area contributed by atoms with Gasteiger partial charge in [0.2, 0.25) is 5.89 Å². The largest absolute Gasteiger partial charge is 0.435 e. The average molecular weight is 659 g/mol. The average Bonchev–Trinajstić information content (AvgIpc) is 3.81. The lowest BCUT2D eigenvalue weighted by Crippen LogP contribution is -2.01. The highest BCUT2D eigenvalue weighted by Gasteiger charge is 2.21. The number of hydrogen-bond donors (Lipinski definition) is 0. The van der Waals surface area contributed by atoms with Crippen molar-refractivity contribution in [2.45, 2.75) is 0 Å². The molecule has 0 saturated carbocycles. The van der Waals surface area contributed by atoms with Crippen molar-refractivity contribution in [3.8, 4) is 56.7 Å². The van der Waals surface area contributed by atoms with E-state index in [0.29, 0.717) is 23.4 Å². The number of aromatic nitrogens is 4. The van der Waals surface area contributed by atoms with Gasteiger partial charge in [-0.3, -0.25) is 0 Å². The first kappa shape index (κ1) is 28.5. The van der Waals surface area contributed by atoms with Crippen LogP contribution in [0.1, 0.15) is 0 Å².